The van der Waals surface area contributed by atoms with Crippen molar-refractivity contribution < 1.29 is 9.66 Å². The van der Waals surface area contributed by atoms with Crippen LogP contribution in [0.2, 0.25) is 0 Å². The van der Waals surface area contributed by atoms with Gasteiger partial charge in [-0.2, -0.15) is 0 Å². The van der Waals surface area contributed by atoms with Crippen molar-refractivity contribution in [3.8, 4) is 5.75 Å². The zero-order chi connectivity index (χ0) is 14.5. The first-order chi connectivity index (χ1) is 9.56. The zero-order valence-corrected chi connectivity index (χ0v) is 11.0. The molecule has 0 atom stereocenters. The Morgan fingerprint density at radius 2 is 1.90 bits per heavy atom. The number of nitro groups is 1. The van der Waals surface area contributed by atoms with E-state index in [1.165, 1.54) is 22.9 Å². The van der Waals surface area contributed by atoms with Crippen LogP contribution in [0.3, 0.4) is 0 Å². The fraction of sp³-hybridized carbons (Fsp3) is 0.214. The minimum Gasteiger partial charge on any atom is -0.492 e. The van der Waals surface area contributed by atoms with E-state index in [-0.39, 0.29) is 24.4 Å². The summed E-state index contributed by atoms with van der Waals surface area (Å²) in [4.78, 5) is 21.7. The first-order valence-electron chi connectivity index (χ1n) is 6.10. The van der Waals surface area contributed by atoms with Gasteiger partial charge in [0.25, 0.3) is 11.2 Å². The lowest BCUT2D eigenvalue weighted by Gasteiger charge is -2.08. The van der Waals surface area contributed by atoms with Crippen molar-refractivity contribution in [2.45, 2.75) is 13.5 Å². The van der Waals surface area contributed by atoms with Crippen LogP contribution in [0.25, 0.3) is 0 Å². The Hall–Kier alpha value is -2.63. The van der Waals surface area contributed by atoms with Crippen molar-refractivity contribution in [1.29, 1.82) is 0 Å². The monoisotopic (exact) mass is 274 g/mol. The molecule has 20 heavy (non-hydrogen) atoms. The van der Waals surface area contributed by atoms with Gasteiger partial charge in [0, 0.05) is 12.1 Å². The topological polar surface area (TPSA) is 74.4 Å². The minimum absolute atomic E-state index is 0.111. The summed E-state index contributed by atoms with van der Waals surface area (Å²) < 4.78 is 6.76. The minimum atomic E-state index is -0.531. The molecule has 0 saturated heterocycles. The Balaban J connectivity index is 2.00. The van der Waals surface area contributed by atoms with Gasteiger partial charge in [-0.05, 0) is 19.1 Å². The standard InChI is InChI=1S/C14H14N2O4/c1-11-2-5-13(6-3-11)20-9-8-15-10-12(16(18)19)4-7-14(15)17/h2-7,10H,8-9H2,1H3. The summed E-state index contributed by atoms with van der Waals surface area (Å²) in [6, 6.07) is 9.91. The van der Waals surface area contributed by atoms with Gasteiger partial charge in [0.2, 0.25) is 0 Å². The number of pyridine rings is 1. The van der Waals surface area contributed by atoms with Gasteiger partial charge in [-0.1, -0.05) is 17.7 Å². The number of aryl methyl sites for hydroxylation is 1. The largest absolute Gasteiger partial charge is 0.492 e. The van der Waals surface area contributed by atoms with E-state index in [0.29, 0.717) is 5.75 Å². The molecule has 0 unspecified atom stereocenters. The Kier molecular flexibility index (Phi) is 4.14. The van der Waals surface area contributed by atoms with E-state index in [2.05, 4.69) is 0 Å². The summed E-state index contributed by atoms with van der Waals surface area (Å²) in [7, 11) is 0. The Labute approximate surface area is 115 Å². The molecule has 6 heteroatoms. The van der Waals surface area contributed by atoms with Gasteiger partial charge in [0.15, 0.2) is 0 Å². The van der Waals surface area contributed by atoms with Crippen LogP contribution in [0.5, 0.6) is 5.75 Å². The normalized spacial score (nSPS) is 10.2. The molecule has 0 fully saturated rings. The molecule has 0 aliphatic carbocycles. The average Bonchev–Trinajstić information content (AvgIpc) is 2.43. The van der Waals surface area contributed by atoms with E-state index >= 15 is 0 Å². The fourth-order valence-electron chi connectivity index (χ4n) is 1.70. The van der Waals surface area contributed by atoms with Crippen molar-refractivity contribution >= 4 is 5.69 Å². The molecule has 6 nitrogen and oxygen atoms in total. The van der Waals surface area contributed by atoms with E-state index in [1.807, 2.05) is 31.2 Å². The highest BCUT2D eigenvalue weighted by Crippen LogP contribution is 2.11. The Bertz CT molecular complexity index is 662. The summed E-state index contributed by atoms with van der Waals surface area (Å²) in [5.74, 6) is 0.703. The third-order valence-corrected chi connectivity index (χ3v) is 2.80. The molecule has 1 heterocycles. The maximum absolute atomic E-state index is 11.6. The van der Waals surface area contributed by atoms with Gasteiger partial charge >= 0.3 is 0 Å². The molecule has 1 aromatic heterocycles. The van der Waals surface area contributed by atoms with Crippen molar-refractivity contribution in [3.63, 3.8) is 0 Å². The second-order valence-electron chi connectivity index (χ2n) is 4.34. The van der Waals surface area contributed by atoms with Crippen LogP contribution >= 0.6 is 0 Å². The molecule has 0 radical (unpaired) electrons. The summed E-state index contributed by atoms with van der Waals surface area (Å²) in [6.07, 6.45) is 1.22. The number of nitrogens with zero attached hydrogens (tertiary/aromatic N) is 2. The molecule has 0 N–H and O–H groups in total. The number of ether oxygens (including phenoxy) is 1. The van der Waals surface area contributed by atoms with E-state index in [4.69, 9.17) is 4.74 Å². The van der Waals surface area contributed by atoms with Crippen molar-refractivity contribution in [2.75, 3.05) is 6.61 Å². The Morgan fingerprint density at radius 3 is 2.55 bits per heavy atom. The van der Waals surface area contributed by atoms with Gasteiger partial charge in [-0.3, -0.25) is 14.9 Å². The highest BCUT2D eigenvalue weighted by Gasteiger charge is 2.07. The third kappa shape index (κ3) is 3.44. The number of benzene rings is 1. The molecule has 0 spiro atoms. The quantitative estimate of drug-likeness (QED) is 0.618. The summed E-state index contributed by atoms with van der Waals surface area (Å²) in [5, 5.41) is 10.7. The smallest absolute Gasteiger partial charge is 0.285 e. The highest BCUT2D eigenvalue weighted by atomic mass is 16.6. The van der Waals surface area contributed by atoms with Crippen LogP contribution < -0.4 is 10.3 Å². The Morgan fingerprint density at radius 1 is 1.20 bits per heavy atom. The predicted molar refractivity (Wildman–Crippen MR) is 74.0 cm³/mol. The molecule has 0 aliphatic heterocycles. The maximum Gasteiger partial charge on any atom is 0.285 e. The zero-order valence-electron chi connectivity index (χ0n) is 11.0. The predicted octanol–water partition coefficient (Wildman–Crippen LogP) is 2.14. The SMILES string of the molecule is Cc1ccc(OCCn2cc([N+](=O)[O-])ccc2=O)cc1. The van der Waals surface area contributed by atoms with Gasteiger partial charge in [-0.25, -0.2) is 0 Å². The molecule has 0 bridgehead atoms. The fourth-order valence-corrected chi connectivity index (χ4v) is 1.70. The van der Waals surface area contributed by atoms with E-state index in [0.717, 1.165) is 5.56 Å². The molecule has 2 rings (SSSR count). The molecule has 104 valence electrons. The van der Waals surface area contributed by atoms with Crippen molar-refractivity contribution in [2.24, 2.45) is 0 Å². The molecule has 0 amide bonds. The van der Waals surface area contributed by atoms with Gasteiger partial charge in [0.1, 0.15) is 12.4 Å². The number of hydrogen-bond acceptors (Lipinski definition) is 4. The van der Waals surface area contributed by atoms with Crippen LogP contribution in [-0.2, 0) is 6.54 Å². The second-order valence-corrected chi connectivity index (χ2v) is 4.34. The molecule has 0 aliphatic rings. The molecular formula is C14H14N2O4. The summed E-state index contributed by atoms with van der Waals surface area (Å²) in [6.45, 7) is 2.50. The van der Waals surface area contributed by atoms with Gasteiger partial charge in [0.05, 0.1) is 17.7 Å². The number of aromatic nitrogens is 1. The van der Waals surface area contributed by atoms with Crippen LogP contribution in [0.15, 0.2) is 47.4 Å². The molecular weight excluding hydrogens is 260 g/mol. The second kappa shape index (κ2) is 6.01. The van der Waals surface area contributed by atoms with E-state index in [9.17, 15) is 14.9 Å². The van der Waals surface area contributed by atoms with E-state index in [1.54, 1.807) is 0 Å². The van der Waals surface area contributed by atoms with Crippen LogP contribution in [0.4, 0.5) is 5.69 Å². The van der Waals surface area contributed by atoms with Crippen LogP contribution in [0.1, 0.15) is 5.56 Å². The maximum atomic E-state index is 11.6. The van der Waals surface area contributed by atoms with Crippen molar-refractivity contribution in [3.05, 3.63) is 68.6 Å². The van der Waals surface area contributed by atoms with E-state index < -0.39 is 4.92 Å². The molecule has 2 aromatic rings. The highest BCUT2D eigenvalue weighted by molar-refractivity contribution is 5.26. The van der Waals surface area contributed by atoms with Crippen LogP contribution in [0, 0.1) is 17.0 Å². The third-order valence-electron chi connectivity index (χ3n) is 2.80. The van der Waals surface area contributed by atoms with Crippen molar-refractivity contribution in [1.82, 2.24) is 4.57 Å². The lowest BCUT2D eigenvalue weighted by atomic mass is 10.2. The van der Waals surface area contributed by atoms with Gasteiger partial charge in [-0.15, -0.1) is 0 Å². The summed E-state index contributed by atoms with van der Waals surface area (Å²) in [5.41, 5.74) is 0.732. The molecule has 1 aromatic carbocycles. The van der Waals surface area contributed by atoms with Gasteiger partial charge < -0.3 is 9.30 Å². The first kappa shape index (κ1) is 13.8. The lowest BCUT2D eigenvalue weighted by Crippen LogP contribution is -2.22. The number of hydrogen-bond donors (Lipinski definition) is 0. The van der Waals surface area contributed by atoms with Crippen LogP contribution in [-0.4, -0.2) is 16.1 Å². The lowest BCUT2D eigenvalue weighted by molar-refractivity contribution is -0.385. The first-order valence-corrected chi connectivity index (χ1v) is 6.10. The molecule has 0 saturated carbocycles. The summed E-state index contributed by atoms with van der Waals surface area (Å²) >= 11 is 0. The average molecular weight is 274 g/mol. The number of rotatable bonds is 5.